The van der Waals surface area contributed by atoms with Crippen LogP contribution in [0.5, 0.6) is 0 Å². The molecule has 42 heavy (non-hydrogen) atoms. The fourth-order valence-corrected chi connectivity index (χ4v) is 8.26. The SMILES string of the molecule is CCCCCCCCc1cc2c(=C(C#N)C#N)cc3c(cc(=C(C#N)C#N)c4cc(CCCCCCCC)sc43)c2s1. The second-order valence-corrected chi connectivity index (χ2v) is 13.4. The largest absolute Gasteiger partial charge is 0.192 e. The number of benzene rings is 2. The Balaban J connectivity index is 1.88. The second-order valence-electron chi connectivity index (χ2n) is 11.1. The predicted octanol–water partition coefficient (Wildman–Crippen LogP) is 9.47. The van der Waals surface area contributed by atoms with E-state index < -0.39 is 0 Å². The minimum Gasteiger partial charge on any atom is -0.192 e. The van der Waals surface area contributed by atoms with Crippen molar-refractivity contribution >= 4 is 64.8 Å². The Labute approximate surface area is 257 Å². The van der Waals surface area contributed by atoms with Crippen LogP contribution in [0.3, 0.4) is 0 Å². The topological polar surface area (TPSA) is 95.2 Å². The van der Waals surface area contributed by atoms with E-state index in [4.69, 9.17) is 0 Å². The van der Waals surface area contributed by atoms with Gasteiger partial charge in [-0.2, -0.15) is 21.0 Å². The summed E-state index contributed by atoms with van der Waals surface area (Å²) in [6.45, 7) is 4.46. The second kappa shape index (κ2) is 15.5. The van der Waals surface area contributed by atoms with Gasteiger partial charge >= 0.3 is 0 Å². The highest BCUT2D eigenvalue weighted by atomic mass is 32.1. The normalized spacial score (nSPS) is 10.9. The summed E-state index contributed by atoms with van der Waals surface area (Å²) >= 11 is 3.44. The van der Waals surface area contributed by atoms with Gasteiger partial charge in [0, 0.05) is 51.1 Å². The highest BCUT2D eigenvalue weighted by Crippen LogP contribution is 2.37. The molecule has 2 heterocycles. The van der Waals surface area contributed by atoms with E-state index in [9.17, 15) is 21.0 Å². The third-order valence-corrected chi connectivity index (χ3v) is 10.5. The molecule has 4 rings (SSSR count). The lowest BCUT2D eigenvalue weighted by atomic mass is 9.99. The van der Waals surface area contributed by atoms with Crippen molar-refractivity contribution in [2.24, 2.45) is 0 Å². The zero-order chi connectivity index (χ0) is 29.9. The van der Waals surface area contributed by atoms with Crippen LogP contribution in [0.1, 0.15) is 101 Å². The Morgan fingerprint density at radius 2 is 0.857 bits per heavy atom. The summed E-state index contributed by atoms with van der Waals surface area (Å²) in [5.41, 5.74) is 0.237. The lowest BCUT2D eigenvalue weighted by Gasteiger charge is -2.05. The molecule has 0 bridgehead atoms. The van der Waals surface area contributed by atoms with Crippen LogP contribution in [0.25, 0.3) is 42.1 Å². The number of hydrogen-bond acceptors (Lipinski definition) is 6. The van der Waals surface area contributed by atoms with Crippen LogP contribution in [-0.4, -0.2) is 0 Å². The summed E-state index contributed by atoms with van der Waals surface area (Å²) in [4.78, 5) is 2.48. The van der Waals surface area contributed by atoms with Gasteiger partial charge in [-0.15, -0.1) is 22.7 Å². The van der Waals surface area contributed by atoms with Crippen molar-refractivity contribution in [2.45, 2.75) is 104 Å². The molecule has 2 aromatic carbocycles. The summed E-state index contributed by atoms with van der Waals surface area (Å²) < 4.78 is 2.05. The third-order valence-electron chi connectivity index (χ3n) is 8.04. The molecule has 0 aliphatic rings. The summed E-state index contributed by atoms with van der Waals surface area (Å²) in [6.07, 6.45) is 16.6. The Kier molecular flexibility index (Phi) is 11.6. The molecule has 0 saturated carbocycles. The quantitative estimate of drug-likeness (QED) is 0.137. The molecule has 2 aromatic heterocycles. The van der Waals surface area contributed by atoms with Crippen molar-refractivity contribution in [3.05, 3.63) is 44.5 Å². The van der Waals surface area contributed by atoms with Gasteiger partial charge in [0.05, 0.1) is 0 Å². The van der Waals surface area contributed by atoms with Gasteiger partial charge in [0.15, 0.2) is 0 Å². The smallest absolute Gasteiger partial charge is 0.137 e. The van der Waals surface area contributed by atoms with Crippen LogP contribution >= 0.6 is 22.7 Å². The molecule has 0 aliphatic heterocycles. The molecule has 0 saturated heterocycles. The van der Waals surface area contributed by atoms with Crippen molar-refractivity contribution in [1.29, 1.82) is 21.0 Å². The molecular weight excluding hydrogens is 553 g/mol. The minimum atomic E-state index is 0.119. The highest BCUT2D eigenvalue weighted by molar-refractivity contribution is 7.21. The molecule has 0 atom stereocenters. The van der Waals surface area contributed by atoms with Crippen molar-refractivity contribution in [1.82, 2.24) is 0 Å². The monoisotopic (exact) mass is 590 g/mol. The van der Waals surface area contributed by atoms with Gasteiger partial charge in [0.25, 0.3) is 0 Å². The van der Waals surface area contributed by atoms with Crippen LogP contribution in [0.4, 0.5) is 0 Å². The molecule has 0 unspecified atom stereocenters. The van der Waals surface area contributed by atoms with Gasteiger partial charge < -0.3 is 0 Å². The summed E-state index contributed by atoms with van der Waals surface area (Å²) in [7, 11) is 0. The average Bonchev–Trinajstić information content (AvgIpc) is 3.63. The Bertz CT molecular complexity index is 1690. The van der Waals surface area contributed by atoms with Gasteiger partial charge in [-0.1, -0.05) is 78.1 Å². The molecule has 4 aromatic rings. The van der Waals surface area contributed by atoms with Gasteiger partial charge in [-0.05, 0) is 49.9 Å². The summed E-state index contributed by atoms with van der Waals surface area (Å²) in [6, 6.07) is 16.8. The molecule has 0 N–H and O–H groups in total. The van der Waals surface area contributed by atoms with Gasteiger partial charge in [-0.25, -0.2) is 0 Å². The zero-order valence-corrected chi connectivity index (χ0v) is 26.4. The molecule has 214 valence electrons. The van der Waals surface area contributed by atoms with E-state index >= 15 is 0 Å². The highest BCUT2D eigenvalue weighted by Gasteiger charge is 2.16. The maximum Gasteiger partial charge on any atom is 0.137 e. The zero-order valence-electron chi connectivity index (χ0n) is 24.8. The number of rotatable bonds is 14. The van der Waals surface area contributed by atoms with E-state index in [1.54, 1.807) is 22.7 Å². The molecule has 0 radical (unpaired) electrons. The van der Waals surface area contributed by atoms with E-state index in [0.29, 0.717) is 10.4 Å². The number of nitriles is 4. The Hall–Kier alpha value is -3.68. The van der Waals surface area contributed by atoms with Crippen LogP contribution < -0.4 is 10.4 Å². The van der Waals surface area contributed by atoms with Crippen molar-refractivity contribution < 1.29 is 0 Å². The van der Waals surface area contributed by atoms with E-state index in [1.165, 1.54) is 74.0 Å². The fraction of sp³-hybridized carbons (Fsp3) is 0.444. The summed E-state index contributed by atoms with van der Waals surface area (Å²) in [5.74, 6) is 0. The lowest BCUT2D eigenvalue weighted by molar-refractivity contribution is 0.609. The van der Waals surface area contributed by atoms with Crippen molar-refractivity contribution in [2.75, 3.05) is 0 Å². The van der Waals surface area contributed by atoms with Crippen molar-refractivity contribution in [3.63, 3.8) is 0 Å². The molecular formula is C36H38N4S2. The summed E-state index contributed by atoms with van der Waals surface area (Å²) in [5, 5.41) is 44.6. The number of unbranched alkanes of at least 4 members (excludes halogenated alkanes) is 10. The number of aryl methyl sites for hydroxylation is 2. The van der Waals surface area contributed by atoms with Gasteiger partial charge in [0.2, 0.25) is 0 Å². The number of thiophene rings is 2. The van der Waals surface area contributed by atoms with Gasteiger partial charge in [-0.3, -0.25) is 0 Å². The molecule has 4 nitrogen and oxygen atoms in total. The van der Waals surface area contributed by atoms with Gasteiger partial charge in [0.1, 0.15) is 35.4 Å². The van der Waals surface area contributed by atoms with E-state index in [0.717, 1.165) is 56.6 Å². The Morgan fingerprint density at radius 3 is 1.21 bits per heavy atom. The van der Waals surface area contributed by atoms with E-state index in [-0.39, 0.29) is 11.1 Å². The molecule has 0 fully saturated rings. The first kappa shape index (κ1) is 31.3. The maximum atomic E-state index is 9.86. The minimum absolute atomic E-state index is 0.119. The Morgan fingerprint density at radius 1 is 0.500 bits per heavy atom. The van der Waals surface area contributed by atoms with Crippen LogP contribution in [-0.2, 0) is 12.8 Å². The fourth-order valence-electron chi connectivity index (χ4n) is 5.77. The predicted molar refractivity (Wildman–Crippen MR) is 177 cm³/mol. The third kappa shape index (κ3) is 7.02. The molecule has 0 amide bonds. The molecule has 0 spiro atoms. The lowest BCUT2D eigenvalue weighted by Crippen LogP contribution is -2.09. The first-order chi connectivity index (χ1) is 20.6. The number of nitrogens with zero attached hydrogens (tertiary/aromatic N) is 4. The first-order valence-corrected chi connectivity index (χ1v) is 17.0. The van der Waals surface area contributed by atoms with Crippen LogP contribution in [0.2, 0.25) is 0 Å². The first-order valence-electron chi connectivity index (χ1n) is 15.4. The number of fused-ring (bicyclic) bond motifs is 5. The van der Waals surface area contributed by atoms with Crippen LogP contribution in [0.15, 0.2) is 24.3 Å². The maximum absolute atomic E-state index is 9.86. The molecule has 0 aliphatic carbocycles. The standard InChI is InChI=1S/C36H38N4S2/c1-3-5-7-9-11-13-15-27-17-31-29(25(21-37)22-38)19-34-33(35(31)41-27)20-30(26(23-39)24-40)32-18-28(42-36(32)34)16-14-12-10-8-6-4-2/h17-20H,3-16H2,1-2H3. The average molecular weight is 591 g/mol. The van der Waals surface area contributed by atoms with E-state index in [2.05, 4.69) is 50.3 Å². The van der Waals surface area contributed by atoms with Crippen LogP contribution in [0, 0.1) is 45.3 Å². The number of hydrogen-bond donors (Lipinski definition) is 0. The van der Waals surface area contributed by atoms with E-state index in [1.807, 2.05) is 12.1 Å². The van der Waals surface area contributed by atoms with Crippen molar-refractivity contribution in [3.8, 4) is 24.3 Å². The molecule has 6 heteroatoms.